The van der Waals surface area contributed by atoms with Crippen LogP contribution in [-0.4, -0.2) is 24.9 Å². The molecule has 8 aromatic rings. The van der Waals surface area contributed by atoms with E-state index in [1.54, 1.807) is 14.1 Å². The van der Waals surface area contributed by atoms with Crippen LogP contribution in [0.3, 0.4) is 0 Å². The summed E-state index contributed by atoms with van der Waals surface area (Å²) in [6, 6.07) is 58.4. The van der Waals surface area contributed by atoms with Gasteiger partial charge in [-0.2, -0.15) is 0 Å². The van der Waals surface area contributed by atoms with E-state index >= 15 is 0 Å². The molecule has 1 aliphatic heterocycles. The number of hydrogen-bond acceptors (Lipinski definition) is 1. The van der Waals surface area contributed by atoms with Gasteiger partial charge in [0.1, 0.15) is 0 Å². The molecule has 4 aromatic carbocycles. The minimum Gasteiger partial charge on any atom is -0.628 e. The Labute approximate surface area is 335 Å². The average molecular weight is 765 g/mol. The fraction of sp³-hybridized carbons (Fsp3) is 0.0625. The Morgan fingerprint density at radius 2 is 0.527 bits per heavy atom. The Morgan fingerprint density at radius 1 is 0.364 bits per heavy atom. The molecular weight excluding hydrogens is 728 g/mol. The van der Waals surface area contributed by atoms with Crippen molar-refractivity contribution >= 4 is 5.91 Å². The Hall–Kier alpha value is -6.43. The number of aromatic nitrogens is 4. The van der Waals surface area contributed by atoms with Crippen LogP contribution < -0.4 is 19.9 Å². The number of rotatable bonds is 4. The predicted molar refractivity (Wildman–Crippen MR) is 211 cm³/mol. The summed E-state index contributed by atoms with van der Waals surface area (Å²) in [5.74, 6) is 4.01. The van der Waals surface area contributed by atoms with Crippen molar-refractivity contribution in [2.75, 3.05) is 14.1 Å². The summed E-state index contributed by atoms with van der Waals surface area (Å²) >= 11 is 0. The molecule has 0 saturated heterocycles. The van der Waals surface area contributed by atoms with Gasteiger partial charge in [0.05, 0.1) is 22.3 Å². The first kappa shape index (κ1) is 36.9. The molecule has 55 heavy (non-hydrogen) atoms. The van der Waals surface area contributed by atoms with Gasteiger partial charge in [0.25, 0.3) is 0 Å². The molecule has 9 rings (SSSR count). The monoisotopic (exact) mass is 763 g/mol. The van der Waals surface area contributed by atoms with Crippen molar-refractivity contribution in [3.05, 3.63) is 261 Å². The third kappa shape index (κ3) is 7.66. The van der Waals surface area contributed by atoms with Crippen LogP contribution >= 0.6 is 0 Å². The Morgan fingerprint density at radius 3 is 0.673 bits per heavy atom. The van der Waals surface area contributed by atoms with E-state index in [4.69, 9.17) is 19.9 Å². The van der Waals surface area contributed by atoms with Crippen molar-refractivity contribution in [3.8, 4) is 0 Å². The number of fused-ring (bicyclic) bond motifs is 8. The molecule has 0 atom stereocenters. The summed E-state index contributed by atoms with van der Waals surface area (Å²) in [6.07, 6.45) is 0. The summed E-state index contributed by atoms with van der Waals surface area (Å²) in [6.45, 7) is 1.53. The van der Waals surface area contributed by atoms with Crippen molar-refractivity contribution < 1.29 is 24.3 Å². The summed E-state index contributed by atoms with van der Waals surface area (Å²) in [5, 5.41) is 0. The molecule has 6 nitrogen and oxygen atoms in total. The molecule has 0 fully saturated rings. The van der Waals surface area contributed by atoms with E-state index in [1.165, 1.54) is 11.8 Å². The zero-order valence-corrected chi connectivity index (χ0v) is 34.0. The van der Waals surface area contributed by atoms with Gasteiger partial charge in [-0.25, -0.2) is 0 Å². The molecular formula is C48H37N5OZn. The first-order valence-electron chi connectivity index (χ1n) is 17.9. The number of amides is 1. The molecule has 0 saturated carbocycles. The molecule has 0 radical (unpaired) electrons. The topological polar surface area (TPSA) is 76.7 Å². The second-order valence-corrected chi connectivity index (χ2v) is 13.2. The van der Waals surface area contributed by atoms with Gasteiger partial charge in [0.15, 0.2) is 0 Å². The van der Waals surface area contributed by atoms with Crippen LogP contribution in [0.5, 0.6) is 0 Å². The summed E-state index contributed by atoms with van der Waals surface area (Å²) in [4.78, 5) is 32.8. The zero-order chi connectivity index (χ0) is 37.0. The molecule has 0 N–H and O–H groups in total. The van der Waals surface area contributed by atoms with Crippen LogP contribution in [-0.2, 0) is 24.3 Å². The summed E-state index contributed by atoms with van der Waals surface area (Å²) in [7, 11) is 3.45. The molecule has 262 valence electrons. The smallest absolute Gasteiger partial charge is 0.218 e. The summed E-state index contributed by atoms with van der Waals surface area (Å²) < 4.78 is 0. The number of carbonyl (C=O) groups is 1. The SMILES string of the molecule is CC(=O)N(C)C.[Zn].c1ccc([C+]2c3ccc([n-]3)[C+](c3ccccc3)c3ccc([n-]3)[C+](c3ccccc3)c3ccc([n-]3)[C+](c3ccccc3)c3ccc2[n-]3)cc1. The molecule has 7 heteroatoms. The molecule has 1 amide bonds. The largest absolute Gasteiger partial charge is 0.628 e. The van der Waals surface area contributed by atoms with Crippen molar-refractivity contribution in [2.24, 2.45) is 0 Å². The van der Waals surface area contributed by atoms with Gasteiger partial charge in [-0.05, 0) is 118 Å². The quantitative estimate of drug-likeness (QED) is 0.134. The molecule has 4 aromatic heterocycles. The van der Waals surface area contributed by atoms with Crippen molar-refractivity contribution in [2.45, 2.75) is 6.92 Å². The van der Waals surface area contributed by atoms with E-state index in [0.717, 1.165) is 91.5 Å². The van der Waals surface area contributed by atoms with Gasteiger partial charge in [0, 0.05) is 161 Å². The maximum Gasteiger partial charge on any atom is 0.218 e. The molecule has 1 aliphatic rings. The molecule has 5 heterocycles. The number of carbonyl (C=O) groups excluding carboxylic acids is 1. The van der Waals surface area contributed by atoms with E-state index in [1.807, 2.05) is 24.3 Å². The van der Waals surface area contributed by atoms with Gasteiger partial charge in [0.2, 0.25) is 5.91 Å². The minimum atomic E-state index is 0. The second kappa shape index (κ2) is 16.3. The van der Waals surface area contributed by atoms with E-state index in [2.05, 4.69) is 146 Å². The third-order valence-electron chi connectivity index (χ3n) is 9.49. The molecule has 8 bridgehead atoms. The standard InChI is InChI=1S/C44H28N4.C4H9NO.Zn/c1-5-13-29(14-6-1)41-33-21-23-35(45-33)42(30-15-7-2-8-16-30)37-25-27-39(47-37)44(32-19-11-4-12-20-32)40-28-26-38(48-40)43(31-17-9-3-10-18-31)36-24-22-34(41)46-36;1-4(6)5(2)3;/h1-28H;1-3H3;. The molecule has 0 unspecified atom stereocenters. The van der Waals surface area contributed by atoms with Crippen LogP contribution in [0.25, 0.3) is 0 Å². The van der Waals surface area contributed by atoms with Crippen LogP contribution in [0, 0.1) is 23.7 Å². The Kier molecular flexibility index (Phi) is 10.9. The van der Waals surface area contributed by atoms with E-state index < -0.39 is 0 Å². The van der Waals surface area contributed by atoms with Crippen LogP contribution in [0.1, 0.15) is 74.7 Å². The van der Waals surface area contributed by atoms with Crippen LogP contribution in [0.15, 0.2) is 170 Å². The fourth-order valence-electron chi connectivity index (χ4n) is 6.69. The van der Waals surface area contributed by atoms with E-state index in [0.29, 0.717) is 0 Å². The maximum absolute atomic E-state index is 10.1. The van der Waals surface area contributed by atoms with E-state index in [9.17, 15) is 4.79 Å². The van der Waals surface area contributed by atoms with Crippen LogP contribution in [0.4, 0.5) is 0 Å². The Bertz CT molecular complexity index is 2020. The summed E-state index contributed by atoms with van der Waals surface area (Å²) in [5.41, 5.74) is 11.1. The first-order valence-corrected chi connectivity index (χ1v) is 17.9. The molecule has 0 aliphatic carbocycles. The second-order valence-electron chi connectivity index (χ2n) is 13.2. The number of nitrogens with zero attached hydrogens (tertiary/aromatic N) is 5. The maximum atomic E-state index is 10.1. The Balaban J connectivity index is 0.000000618. The molecule has 0 spiro atoms. The first-order chi connectivity index (χ1) is 26.4. The average Bonchev–Trinajstić information content (AvgIpc) is 4.05. The van der Waals surface area contributed by atoms with Crippen molar-refractivity contribution in [1.29, 1.82) is 0 Å². The zero-order valence-electron chi connectivity index (χ0n) is 31.0. The van der Waals surface area contributed by atoms with Crippen molar-refractivity contribution in [3.63, 3.8) is 0 Å². The third-order valence-corrected chi connectivity index (χ3v) is 9.49. The van der Waals surface area contributed by atoms with Gasteiger partial charge >= 0.3 is 0 Å². The minimum absolute atomic E-state index is 0. The van der Waals surface area contributed by atoms with Crippen molar-refractivity contribution in [1.82, 2.24) is 24.8 Å². The van der Waals surface area contributed by atoms with Gasteiger partial charge < -0.3 is 24.8 Å². The fourth-order valence-corrected chi connectivity index (χ4v) is 6.69. The number of benzene rings is 4. The predicted octanol–water partition coefficient (Wildman–Crippen LogP) is 8.00. The normalized spacial score (nSPS) is 12.1. The number of hydrogen-bond donors (Lipinski definition) is 0. The van der Waals surface area contributed by atoms with Gasteiger partial charge in [-0.15, -0.1) is 0 Å². The van der Waals surface area contributed by atoms with E-state index in [-0.39, 0.29) is 25.4 Å². The van der Waals surface area contributed by atoms with Gasteiger partial charge in [-0.1, -0.05) is 0 Å². The van der Waals surface area contributed by atoms with Crippen LogP contribution in [0.2, 0.25) is 0 Å². The van der Waals surface area contributed by atoms with Gasteiger partial charge in [-0.3, -0.25) is 4.79 Å².